The second-order valence-corrected chi connectivity index (χ2v) is 5.78. The van der Waals surface area contributed by atoms with Gasteiger partial charge in [-0.15, -0.1) is 0 Å². The third-order valence-electron chi connectivity index (χ3n) is 3.27. The minimum Gasteiger partial charge on any atom is -0.497 e. The summed E-state index contributed by atoms with van der Waals surface area (Å²) in [6, 6.07) is 6.16. The maximum Gasteiger partial charge on any atom is 0.123 e. The zero-order valence-electron chi connectivity index (χ0n) is 11.6. The quantitative estimate of drug-likeness (QED) is 0.830. The van der Waals surface area contributed by atoms with Crippen LogP contribution in [0.25, 0.3) is 0 Å². The highest BCUT2D eigenvalue weighted by Gasteiger charge is 2.22. The van der Waals surface area contributed by atoms with E-state index in [2.05, 4.69) is 5.32 Å². The predicted octanol–water partition coefficient (Wildman–Crippen LogP) is 2.10. The summed E-state index contributed by atoms with van der Waals surface area (Å²) in [6.45, 7) is 1.74. The van der Waals surface area contributed by atoms with E-state index in [9.17, 15) is 0 Å². The van der Waals surface area contributed by atoms with Gasteiger partial charge >= 0.3 is 0 Å². The van der Waals surface area contributed by atoms with Gasteiger partial charge in [-0.25, -0.2) is 0 Å². The Hall–Kier alpha value is -0.910. The Kier molecular flexibility index (Phi) is 5.36. The second kappa shape index (κ2) is 7.03. The van der Waals surface area contributed by atoms with Crippen LogP contribution in [-0.2, 0) is 4.74 Å². The molecule has 1 aromatic carbocycles. The third-order valence-corrected chi connectivity index (χ3v) is 4.54. The van der Waals surface area contributed by atoms with E-state index in [0.717, 1.165) is 36.0 Å². The Morgan fingerprint density at radius 2 is 2.16 bits per heavy atom. The Morgan fingerprint density at radius 1 is 1.37 bits per heavy atom. The van der Waals surface area contributed by atoms with Gasteiger partial charge in [0.2, 0.25) is 0 Å². The summed E-state index contributed by atoms with van der Waals surface area (Å²) < 4.78 is 15.9. The van der Waals surface area contributed by atoms with Crippen molar-refractivity contribution in [2.24, 2.45) is 0 Å². The number of benzene rings is 1. The van der Waals surface area contributed by atoms with Gasteiger partial charge in [-0.2, -0.15) is 11.8 Å². The summed E-state index contributed by atoms with van der Waals surface area (Å²) in [5.74, 6) is 2.74. The smallest absolute Gasteiger partial charge is 0.123 e. The molecule has 1 N–H and O–H groups in total. The molecule has 0 bridgehead atoms. The summed E-state index contributed by atoms with van der Waals surface area (Å²) in [4.78, 5) is 0. The minimum absolute atomic E-state index is 0.246. The van der Waals surface area contributed by atoms with Gasteiger partial charge in [-0.1, -0.05) is 0 Å². The van der Waals surface area contributed by atoms with E-state index in [-0.39, 0.29) is 6.04 Å². The Bertz CT molecular complexity index is 410. The van der Waals surface area contributed by atoms with Gasteiger partial charge in [0.1, 0.15) is 11.5 Å². The van der Waals surface area contributed by atoms with Gasteiger partial charge in [0.05, 0.1) is 32.7 Å². The molecule has 19 heavy (non-hydrogen) atoms. The first kappa shape index (κ1) is 14.5. The third kappa shape index (κ3) is 3.55. The Balaban J connectivity index is 2.10. The van der Waals surface area contributed by atoms with Gasteiger partial charge in [-0.3, -0.25) is 0 Å². The molecule has 0 aromatic heterocycles. The fraction of sp³-hybridized carbons (Fsp3) is 0.571. The number of thioether (sulfide) groups is 1. The van der Waals surface area contributed by atoms with E-state index in [1.54, 1.807) is 14.2 Å². The van der Waals surface area contributed by atoms with Crippen molar-refractivity contribution in [3.05, 3.63) is 23.8 Å². The molecular formula is C14H21NO3S. The van der Waals surface area contributed by atoms with E-state index in [0.29, 0.717) is 5.25 Å². The predicted molar refractivity (Wildman–Crippen MR) is 78.4 cm³/mol. The van der Waals surface area contributed by atoms with Gasteiger partial charge in [0, 0.05) is 17.4 Å². The molecule has 2 rings (SSSR count). The van der Waals surface area contributed by atoms with Crippen molar-refractivity contribution in [2.45, 2.75) is 11.3 Å². The summed E-state index contributed by atoms with van der Waals surface area (Å²) in [5, 5.41) is 3.98. The molecule has 1 aliphatic heterocycles. The summed E-state index contributed by atoms with van der Waals surface area (Å²) >= 11 is 1.94. The molecule has 1 heterocycles. The van der Waals surface area contributed by atoms with Gasteiger partial charge in [0.15, 0.2) is 0 Å². The average molecular weight is 283 g/mol. The van der Waals surface area contributed by atoms with Crippen molar-refractivity contribution in [3.63, 3.8) is 0 Å². The van der Waals surface area contributed by atoms with E-state index in [1.807, 2.05) is 37.0 Å². The molecule has 1 atom stereocenters. The van der Waals surface area contributed by atoms with Gasteiger partial charge in [-0.05, 0) is 25.2 Å². The van der Waals surface area contributed by atoms with Crippen LogP contribution in [0.3, 0.4) is 0 Å². The first-order valence-electron chi connectivity index (χ1n) is 6.37. The molecule has 0 saturated carbocycles. The van der Waals surface area contributed by atoms with Crippen LogP contribution in [-0.4, -0.2) is 45.5 Å². The van der Waals surface area contributed by atoms with Crippen LogP contribution in [0, 0.1) is 0 Å². The number of rotatable bonds is 7. The second-order valence-electron chi connectivity index (χ2n) is 4.44. The van der Waals surface area contributed by atoms with Crippen molar-refractivity contribution in [1.82, 2.24) is 5.32 Å². The molecule has 0 amide bonds. The van der Waals surface area contributed by atoms with Crippen LogP contribution >= 0.6 is 11.8 Å². The summed E-state index contributed by atoms with van der Waals surface area (Å²) in [7, 11) is 5.35. The first-order valence-corrected chi connectivity index (χ1v) is 7.42. The molecule has 0 radical (unpaired) electrons. The highest BCUT2D eigenvalue weighted by Crippen LogP contribution is 2.32. The van der Waals surface area contributed by atoms with Crippen LogP contribution in [0.4, 0.5) is 0 Å². The van der Waals surface area contributed by atoms with Crippen molar-refractivity contribution in [1.29, 1.82) is 0 Å². The molecule has 4 nitrogen and oxygen atoms in total. The molecular weight excluding hydrogens is 262 g/mol. The SMILES string of the molecule is CNC(CSC1COC1)c1cc(OC)ccc1OC. The van der Waals surface area contributed by atoms with Crippen LogP contribution in [0.5, 0.6) is 11.5 Å². The maximum atomic E-state index is 5.45. The van der Waals surface area contributed by atoms with Crippen molar-refractivity contribution in [2.75, 3.05) is 40.2 Å². The first-order chi connectivity index (χ1) is 9.28. The van der Waals surface area contributed by atoms with E-state index in [4.69, 9.17) is 14.2 Å². The lowest BCUT2D eigenvalue weighted by Gasteiger charge is -2.28. The van der Waals surface area contributed by atoms with Crippen LogP contribution in [0.1, 0.15) is 11.6 Å². The molecule has 1 fully saturated rings. The van der Waals surface area contributed by atoms with Crippen molar-refractivity contribution < 1.29 is 14.2 Å². The molecule has 1 unspecified atom stereocenters. The molecule has 0 aliphatic carbocycles. The van der Waals surface area contributed by atoms with Crippen molar-refractivity contribution >= 4 is 11.8 Å². The topological polar surface area (TPSA) is 39.7 Å². The normalized spacial score (nSPS) is 16.8. The van der Waals surface area contributed by atoms with E-state index >= 15 is 0 Å². The van der Waals surface area contributed by atoms with Crippen molar-refractivity contribution in [3.8, 4) is 11.5 Å². The fourth-order valence-corrected chi connectivity index (χ4v) is 3.18. The highest BCUT2D eigenvalue weighted by atomic mass is 32.2. The summed E-state index contributed by atoms with van der Waals surface area (Å²) in [5.41, 5.74) is 1.14. The number of hydrogen-bond acceptors (Lipinski definition) is 5. The Labute approximate surface area is 118 Å². The van der Waals surface area contributed by atoms with E-state index < -0.39 is 0 Å². The van der Waals surface area contributed by atoms with E-state index in [1.165, 1.54) is 0 Å². The summed E-state index contributed by atoms with van der Waals surface area (Å²) in [6.07, 6.45) is 0. The molecule has 5 heteroatoms. The number of ether oxygens (including phenoxy) is 3. The molecule has 106 valence electrons. The zero-order valence-corrected chi connectivity index (χ0v) is 12.5. The largest absolute Gasteiger partial charge is 0.497 e. The van der Waals surface area contributed by atoms with Crippen LogP contribution in [0.15, 0.2) is 18.2 Å². The lowest BCUT2D eigenvalue weighted by Crippen LogP contribution is -2.32. The molecule has 0 spiro atoms. The van der Waals surface area contributed by atoms with Gasteiger partial charge < -0.3 is 19.5 Å². The number of nitrogens with one attached hydrogen (secondary N) is 1. The maximum absolute atomic E-state index is 5.45. The average Bonchev–Trinajstić information content (AvgIpc) is 2.41. The van der Waals surface area contributed by atoms with Crippen LogP contribution in [0.2, 0.25) is 0 Å². The molecule has 1 aliphatic rings. The standard InChI is InChI=1S/C14H21NO3S/c1-15-13(9-19-11-7-18-8-11)12-6-10(16-2)4-5-14(12)17-3/h4-6,11,13,15H,7-9H2,1-3H3. The minimum atomic E-state index is 0.246. The molecule has 1 saturated heterocycles. The molecule has 1 aromatic rings. The monoisotopic (exact) mass is 283 g/mol. The Morgan fingerprint density at radius 3 is 2.68 bits per heavy atom. The van der Waals surface area contributed by atoms with Crippen LogP contribution < -0.4 is 14.8 Å². The fourth-order valence-electron chi connectivity index (χ4n) is 1.98. The van der Waals surface area contributed by atoms with Gasteiger partial charge in [0.25, 0.3) is 0 Å². The number of hydrogen-bond donors (Lipinski definition) is 1. The lowest BCUT2D eigenvalue weighted by atomic mass is 10.1. The highest BCUT2D eigenvalue weighted by molar-refractivity contribution is 8.00. The lowest BCUT2D eigenvalue weighted by molar-refractivity contribution is 0.0455. The zero-order chi connectivity index (χ0) is 13.7. The number of methoxy groups -OCH3 is 2.